The van der Waals surface area contributed by atoms with Gasteiger partial charge in [0, 0.05) is 5.69 Å². The van der Waals surface area contributed by atoms with Crippen LogP contribution >= 0.6 is 0 Å². The third-order valence-corrected chi connectivity index (χ3v) is 3.07. The zero-order valence-electron chi connectivity index (χ0n) is 11.4. The van der Waals surface area contributed by atoms with Gasteiger partial charge < -0.3 is 10.1 Å². The van der Waals surface area contributed by atoms with Crippen LogP contribution in [0, 0.1) is 12.7 Å². The van der Waals surface area contributed by atoms with Crippen molar-refractivity contribution in [3.8, 4) is 0 Å². The van der Waals surface area contributed by atoms with Gasteiger partial charge in [0.05, 0.1) is 7.11 Å². The molecule has 104 valence electrons. The summed E-state index contributed by atoms with van der Waals surface area (Å²) < 4.78 is 18.1. The fourth-order valence-electron chi connectivity index (χ4n) is 2.04. The van der Waals surface area contributed by atoms with Gasteiger partial charge in [0.1, 0.15) is 5.82 Å². The van der Waals surface area contributed by atoms with Crippen molar-refractivity contribution >= 4 is 11.7 Å². The molecule has 0 radical (unpaired) electrons. The molecule has 0 saturated heterocycles. The summed E-state index contributed by atoms with van der Waals surface area (Å²) in [6.07, 6.45) is 0. The molecule has 2 aromatic rings. The number of aryl methyl sites for hydroxylation is 1. The van der Waals surface area contributed by atoms with E-state index in [-0.39, 0.29) is 5.82 Å². The maximum absolute atomic E-state index is 13.2. The molecule has 0 aromatic heterocycles. The molecule has 0 fully saturated rings. The molecule has 0 bridgehead atoms. The van der Waals surface area contributed by atoms with Gasteiger partial charge in [-0.15, -0.1) is 0 Å². The van der Waals surface area contributed by atoms with Crippen molar-refractivity contribution < 1.29 is 13.9 Å². The Balaban J connectivity index is 2.34. The number of benzene rings is 2. The highest BCUT2D eigenvalue weighted by atomic mass is 19.1. The number of hydrogen-bond acceptors (Lipinski definition) is 3. The van der Waals surface area contributed by atoms with Crippen LogP contribution in [0.1, 0.15) is 17.2 Å². The van der Waals surface area contributed by atoms with Gasteiger partial charge in [0.2, 0.25) is 0 Å². The highest BCUT2D eigenvalue weighted by Gasteiger charge is 2.22. The van der Waals surface area contributed by atoms with Crippen LogP contribution in [0.3, 0.4) is 0 Å². The van der Waals surface area contributed by atoms with Crippen LogP contribution in [0.4, 0.5) is 10.1 Å². The third kappa shape index (κ3) is 3.15. The Labute approximate surface area is 117 Å². The second-order valence-electron chi connectivity index (χ2n) is 4.47. The highest BCUT2D eigenvalue weighted by Crippen LogP contribution is 2.24. The molecule has 0 aliphatic heterocycles. The van der Waals surface area contributed by atoms with E-state index < -0.39 is 12.0 Å². The Morgan fingerprint density at radius 1 is 1.20 bits per heavy atom. The minimum absolute atomic E-state index is 0.358. The van der Waals surface area contributed by atoms with Gasteiger partial charge in [-0.1, -0.05) is 30.3 Å². The van der Waals surface area contributed by atoms with Crippen molar-refractivity contribution in [3.05, 3.63) is 65.5 Å². The Bertz CT molecular complexity index is 613. The lowest BCUT2D eigenvalue weighted by molar-refractivity contribution is -0.141. The Hall–Kier alpha value is -2.36. The smallest absolute Gasteiger partial charge is 0.332 e. The predicted octanol–water partition coefficient (Wildman–Crippen LogP) is 3.46. The van der Waals surface area contributed by atoms with Gasteiger partial charge in [-0.05, 0) is 36.2 Å². The molecule has 2 rings (SSSR count). The van der Waals surface area contributed by atoms with Crippen molar-refractivity contribution in [1.82, 2.24) is 0 Å². The van der Waals surface area contributed by atoms with E-state index >= 15 is 0 Å². The highest BCUT2D eigenvalue weighted by molar-refractivity contribution is 5.81. The second-order valence-corrected chi connectivity index (χ2v) is 4.47. The maximum atomic E-state index is 13.2. The van der Waals surface area contributed by atoms with Crippen molar-refractivity contribution in [2.45, 2.75) is 13.0 Å². The minimum Gasteiger partial charge on any atom is -0.467 e. The third-order valence-electron chi connectivity index (χ3n) is 3.07. The molecule has 2 aromatic carbocycles. The van der Waals surface area contributed by atoms with Crippen molar-refractivity contribution in [2.75, 3.05) is 12.4 Å². The van der Waals surface area contributed by atoms with Crippen LogP contribution in [0.25, 0.3) is 0 Å². The monoisotopic (exact) mass is 273 g/mol. The molecular weight excluding hydrogens is 257 g/mol. The van der Waals surface area contributed by atoms with Gasteiger partial charge in [-0.2, -0.15) is 0 Å². The van der Waals surface area contributed by atoms with E-state index in [1.807, 2.05) is 31.2 Å². The van der Waals surface area contributed by atoms with Crippen molar-refractivity contribution in [3.63, 3.8) is 0 Å². The molecule has 0 heterocycles. The summed E-state index contributed by atoms with van der Waals surface area (Å²) in [5, 5.41) is 3.01. The molecule has 0 aliphatic rings. The van der Waals surface area contributed by atoms with E-state index in [2.05, 4.69) is 5.32 Å². The van der Waals surface area contributed by atoms with E-state index in [1.54, 1.807) is 12.1 Å². The number of methoxy groups -OCH3 is 1. The predicted molar refractivity (Wildman–Crippen MR) is 76.0 cm³/mol. The number of halogens is 1. The fourth-order valence-corrected chi connectivity index (χ4v) is 2.04. The summed E-state index contributed by atoms with van der Waals surface area (Å²) in [4.78, 5) is 12.0. The van der Waals surface area contributed by atoms with Crippen LogP contribution in [0.5, 0.6) is 0 Å². The molecule has 0 spiro atoms. The number of carbonyl (C=O) groups excluding carboxylic acids is 1. The van der Waals surface area contributed by atoms with Crippen molar-refractivity contribution in [2.24, 2.45) is 0 Å². The normalized spacial score (nSPS) is 11.8. The molecule has 3 nitrogen and oxygen atoms in total. The van der Waals surface area contributed by atoms with Crippen LogP contribution in [-0.4, -0.2) is 13.1 Å². The lowest BCUT2D eigenvalue weighted by atomic mass is 10.0. The zero-order valence-corrected chi connectivity index (χ0v) is 11.4. The van der Waals surface area contributed by atoms with Gasteiger partial charge in [-0.25, -0.2) is 9.18 Å². The first-order chi connectivity index (χ1) is 9.61. The first-order valence-electron chi connectivity index (χ1n) is 6.27. The Morgan fingerprint density at radius 3 is 2.60 bits per heavy atom. The summed E-state index contributed by atoms with van der Waals surface area (Å²) >= 11 is 0. The molecule has 1 unspecified atom stereocenters. The van der Waals surface area contributed by atoms with Crippen molar-refractivity contribution in [1.29, 1.82) is 0 Å². The van der Waals surface area contributed by atoms with Crippen LogP contribution in [0.15, 0.2) is 48.5 Å². The molecule has 1 atom stereocenters. The molecule has 0 amide bonds. The standard InChI is InChI=1S/C16H16FNO2/c1-11-6-3-4-9-14(11)15(16(19)20-2)18-13-8-5-7-12(17)10-13/h3-10,15,18H,1-2H3. The number of hydrogen-bond donors (Lipinski definition) is 1. The lowest BCUT2D eigenvalue weighted by Gasteiger charge is -2.19. The van der Waals surface area contributed by atoms with Crippen LogP contribution < -0.4 is 5.32 Å². The molecular formula is C16H16FNO2. The first-order valence-corrected chi connectivity index (χ1v) is 6.27. The Morgan fingerprint density at radius 2 is 1.95 bits per heavy atom. The molecule has 20 heavy (non-hydrogen) atoms. The van der Waals surface area contributed by atoms with E-state index in [0.717, 1.165) is 11.1 Å². The average Bonchev–Trinajstić information content (AvgIpc) is 2.45. The number of nitrogens with one attached hydrogen (secondary N) is 1. The van der Waals surface area contributed by atoms with Gasteiger partial charge in [0.15, 0.2) is 6.04 Å². The number of esters is 1. The second kappa shape index (κ2) is 6.19. The van der Waals surface area contributed by atoms with E-state index in [1.165, 1.54) is 19.2 Å². The molecule has 1 N–H and O–H groups in total. The summed E-state index contributed by atoms with van der Waals surface area (Å²) in [5.41, 5.74) is 2.30. The lowest BCUT2D eigenvalue weighted by Crippen LogP contribution is -2.23. The molecule has 0 aliphatic carbocycles. The average molecular weight is 273 g/mol. The number of rotatable bonds is 4. The molecule has 4 heteroatoms. The quantitative estimate of drug-likeness (QED) is 0.867. The van der Waals surface area contributed by atoms with Crippen LogP contribution in [-0.2, 0) is 9.53 Å². The van der Waals surface area contributed by atoms with Gasteiger partial charge in [-0.3, -0.25) is 0 Å². The number of carbonyl (C=O) groups is 1. The minimum atomic E-state index is -0.664. The van der Waals surface area contributed by atoms with E-state index in [4.69, 9.17) is 4.74 Å². The van der Waals surface area contributed by atoms with E-state index in [9.17, 15) is 9.18 Å². The van der Waals surface area contributed by atoms with Gasteiger partial charge in [0.25, 0.3) is 0 Å². The molecule has 0 saturated carbocycles. The maximum Gasteiger partial charge on any atom is 0.332 e. The SMILES string of the molecule is COC(=O)C(Nc1cccc(F)c1)c1ccccc1C. The number of anilines is 1. The fraction of sp³-hybridized carbons (Fsp3) is 0.188. The summed E-state index contributed by atoms with van der Waals surface area (Å²) in [6, 6.07) is 12.8. The summed E-state index contributed by atoms with van der Waals surface area (Å²) in [6.45, 7) is 1.92. The summed E-state index contributed by atoms with van der Waals surface area (Å²) in [7, 11) is 1.33. The largest absolute Gasteiger partial charge is 0.467 e. The van der Waals surface area contributed by atoms with E-state index in [0.29, 0.717) is 5.69 Å². The zero-order chi connectivity index (χ0) is 14.5. The first kappa shape index (κ1) is 14.1. The van der Waals surface area contributed by atoms with Crippen LogP contribution in [0.2, 0.25) is 0 Å². The van der Waals surface area contributed by atoms with Gasteiger partial charge >= 0.3 is 5.97 Å². The number of ether oxygens (including phenoxy) is 1. The Kier molecular flexibility index (Phi) is 4.35. The topological polar surface area (TPSA) is 38.3 Å². The summed E-state index contributed by atoms with van der Waals surface area (Å²) in [5.74, 6) is -0.771.